The largest absolute Gasteiger partial charge is 0.343 e. The van der Waals surface area contributed by atoms with E-state index in [0.29, 0.717) is 28.6 Å². The lowest BCUT2D eigenvalue weighted by Crippen LogP contribution is -2.15. The number of aromatic amines is 1. The Morgan fingerprint density at radius 2 is 1.76 bits per heavy atom. The van der Waals surface area contributed by atoms with Crippen molar-refractivity contribution in [1.29, 1.82) is 0 Å². The number of rotatable bonds is 4. The van der Waals surface area contributed by atoms with Crippen LogP contribution in [0.1, 0.15) is 48.6 Å². The highest BCUT2D eigenvalue weighted by Crippen LogP contribution is 2.19. The fourth-order valence-corrected chi connectivity index (χ4v) is 3.17. The predicted octanol–water partition coefficient (Wildman–Crippen LogP) is 3.33. The summed E-state index contributed by atoms with van der Waals surface area (Å²) >= 11 is 0. The first-order valence-corrected chi connectivity index (χ1v) is 8.71. The number of hydrogen-bond donors (Lipinski definition) is 1. The fraction of sp³-hybridized carbons (Fsp3) is 0.474. The second-order valence-corrected chi connectivity index (χ2v) is 7.16. The zero-order valence-electron chi connectivity index (χ0n) is 15.8. The minimum absolute atomic E-state index is 0.0695. The number of fused-ring (bicyclic) bond motifs is 1. The smallest absolute Gasteiger partial charge is 0.252 e. The molecule has 0 amide bonds. The van der Waals surface area contributed by atoms with E-state index in [1.165, 1.54) is 0 Å². The van der Waals surface area contributed by atoms with Gasteiger partial charge in [-0.1, -0.05) is 13.8 Å². The minimum Gasteiger partial charge on any atom is -0.343 e. The molecule has 0 atom stereocenters. The standard InChI is InChI=1S/C19H25N5O/c1-10(2)7-8-15-13(5)22-18-16(17(15)25)14(6)23-24(18)19-20-11(3)9-12(4)21-19/h9-10H,7-8H2,1-6H3,(H,22,25). The molecule has 0 radical (unpaired) electrons. The molecule has 132 valence electrons. The lowest BCUT2D eigenvalue weighted by atomic mass is 10.0. The number of pyridine rings is 1. The van der Waals surface area contributed by atoms with Gasteiger partial charge in [-0.25, -0.2) is 9.97 Å². The van der Waals surface area contributed by atoms with E-state index in [-0.39, 0.29) is 5.43 Å². The molecule has 3 rings (SSSR count). The van der Waals surface area contributed by atoms with Crippen molar-refractivity contribution in [3.63, 3.8) is 0 Å². The molecular weight excluding hydrogens is 314 g/mol. The maximum Gasteiger partial charge on any atom is 0.252 e. The molecule has 0 fully saturated rings. The van der Waals surface area contributed by atoms with Crippen molar-refractivity contribution in [2.24, 2.45) is 5.92 Å². The van der Waals surface area contributed by atoms with Crippen molar-refractivity contribution in [3.05, 3.63) is 44.6 Å². The Morgan fingerprint density at radius 1 is 1.12 bits per heavy atom. The number of nitrogens with one attached hydrogen (secondary N) is 1. The summed E-state index contributed by atoms with van der Waals surface area (Å²) in [7, 11) is 0. The van der Waals surface area contributed by atoms with E-state index in [0.717, 1.165) is 35.5 Å². The second-order valence-electron chi connectivity index (χ2n) is 7.16. The van der Waals surface area contributed by atoms with Gasteiger partial charge in [0.1, 0.15) is 5.65 Å². The van der Waals surface area contributed by atoms with Crippen molar-refractivity contribution in [2.75, 3.05) is 0 Å². The quantitative estimate of drug-likeness (QED) is 0.791. The van der Waals surface area contributed by atoms with Crippen LogP contribution < -0.4 is 5.43 Å². The highest BCUT2D eigenvalue weighted by molar-refractivity contribution is 5.80. The first kappa shape index (κ1) is 17.3. The van der Waals surface area contributed by atoms with Crippen LogP contribution in [0.4, 0.5) is 0 Å². The van der Waals surface area contributed by atoms with Gasteiger partial charge < -0.3 is 4.98 Å². The van der Waals surface area contributed by atoms with Gasteiger partial charge in [-0.2, -0.15) is 9.78 Å². The van der Waals surface area contributed by atoms with Crippen molar-refractivity contribution in [3.8, 4) is 5.95 Å². The first-order valence-electron chi connectivity index (χ1n) is 8.71. The van der Waals surface area contributed by atoms with Gasteiger partial charge in [-0.3, -0.25) is 4.79 Å². The molecule has 0 bridgehead atoms. The summed E-state index contributed by atoms with van der Waals surface area (Å²) in [6.07, 6.45) is 1.77. The molecule has 3 aromatic heterocycles. The van der Waals surface area contributed by atoms with E-state index in [1.54, 1.807) is 4.68 Å². The monoisotopic (exact) mass is 339 g/mol. The number of aryl methyl sites for hydroxylation is 4. The van der Waals surface area contributed by atoms with Gasteiger partial charge in [-0.05, 0) is 52.5 Å². The fourth-order valence-electron chi connectivity index (χ4n) is 3.17. The summed E-state index contributed by atoms with van der Waals surface area (Å²) in [5, 5.41) is 5.17. The summed E-state index contributed by atoms with van der Waals surface area (Å²) in [6.45, 7) is 12.0. The third-order valence-electron chi connectivity index (χ3n) is 4.45. The molecular formula is C19H25N5O. The molecule has 0 unspecified atom stereocenters. The second kappa shape index (κ2) is 6.43. The van der Waals surface area contributed by atoms with Crippen LogP contribution in [0.15, 0.2) is 10.9 Å². The molecule has 6 nitrogen and oxygen atoms in total. The number of aromatic nitrogens is 5. The van der Waals surface area contributed by atoms with Crippen molar-refractivity contribution < 1.29 is 0 Å². The Morgan fingerprint density at radius 3 is 2.36 bits per heavy atom. The van der Waals surface area contributed by atoms with Crippen LogP contribution in [0.5, 0.6) is 0 Å². The Bertz CT molecular complexity index is 977. The number of H-pyrrole nitrogens is 1. The Balaban J connectivity index is 2.23. The van der Waals surface area contributed by atoms with E-state index < -0.39 is 0 Å². The topological polar surface area (TPSA) is 76.5 Å². The molecule has 0 saturated carbocycles. The molecule has 0 aliphatic heterocycles. The van der Waals surface area contributed by atoms with E-state index in [2.05, 4.69) is 33.9 Å². The van der Waals surface area contributed by atoms with Gasteiger partial charge in [0.2, 0.25) is 0 Å². The molecule has 6 heteroatoms. The van der Waals surface area contributed by atoms with Crippen LogP contribution in [0.2, 0.25) is 0 Å². The first-order chi connectivity index (χ1) is 11.8. The van der Waals surface area contributed by atoms with Gasteiger partial charge in [0.15, 0.2) is 5.43 Å². The molecule has 0 aromatic carbocycles. The predicted molar refractivity (Wildman–Crippen MR) is 99.4 cm³/mol. The molecule has 0 aliphatic carbocycles. The van der Waals surface area contributed by atoms with Gasteiger partial charge in [0.05, 0.1) is 11.1 Å². The van der Waals surface area contributed by atoms with Crippen LogP contribution in [0.25, 0.3) is 17.0 Å². The third kappa shape index (κ3) is 3.21. The van der Waals surface area contributed by atoms with Crippen molar-refractivity contribution >= 4 is 11.0 Å². The summed E-state index contributed by atoms with van der Waals surface area (Å²) in [6, 6.07) is 1.92. The molecule has 1 N–H and O–H groups in total. The SMILES string of the molecule is Cc1cc(C)nc(-n2nc(C)c3c(=O)c(CCC(C)C)c(C)[nH]c32)n1. The van der Waals surface area contributed by atoms with Gasteiger partial charge >= 0.3 is 0 Å². The summed E-state index contributed by atoms with van der Waals surface area (Å²) < 4.78 is 1.64. The lowest BCUT2D eigenvalue weighted by molar-refractivity contribution is 0.584. The van der Waals surface area contributed by atoms with Crippen LogP contribution in [0.3, 0.4) is 0 Å². The van der Waals surface area contributed by atoms with Crippen LogP contribution in [0, 0.1) is 33.6 Å². The highest BCUT2D eigenvalue weighted by Gasteiger charge is 2.19. The third-order valence-corrected chi connectivity index (χ3v) is 4.45. The molecule has 3 aromatic rings. The van der Waals surface area contributed by atoms with Crippen LogP contribution in [-0.2, 0) is 6.42 Å². The maximum atomic E-state index is 13.0. The van der Waals surface area contributed by atoms with Gasteiger partial charge in [0, 0.05) is 22.6 Å². The van der Waals surface area contributed by atoms with Gasteiger partial charge in [-0.15, -0.1) is 0 Å². The van der Waals surface area contributed by atoms with Crippen LogP contribution in [-0.4, -0.2) is 24.7 Å². The van der Waals surface area contributed by atoms with Crippen LogP contribution >= 0.6 is 0 Å². The van der Waals surface area contributed by atoms with Crippen molar-refractivity contribution in [2.45, 2.75) is 54.4 Å². The molecule has 0 aliphatic rings. The zero-order valence-corrected chi connectivity index (χ0v) is 15.8. The lowest BCUT2D eigenvalue weighted by Gasteiger charge is -2.09. The van der Waals surface area contributed by atoms with E-state index in [9.17, 15) is 4.79 Å². The average molecular weight is 339 g/mol. The summed E-state index contributed by atoms with van der Waals surface area (Å²) in [5.74, 6) is 1.04. The maximum absolute atomic E-state index is 13.0. The van der Waals surface area contributed by atoms with E-state index >= 15 is 0 Å². The molecule has 0 spiro atoms. The molecule has 25 heavy (non-hydrogen) atoms. The van der Waals surface area contributed by atoms with E-state index in [1.807, 2.05) is 33.8 Å². The normalized spacial score (nSPS) is 11.6. The number of nitrogens with zero attached hydrogens (tertiary/aromatic N) is 4. The Labute approximate surface area is 147 Å². The van der Waals surface area contributed by atoms with Gasteiger partial charge in [0.25, 0.3) is 5.95 Å². The minimum atomic E-state index is 0.0695. The van der Waals surface area contributed by atoms with Crippen molar-refractivity contribution in [1.82, 2.24) is 24.7 Å². The number of hydrogen-bond acceptors (Lipinski definition) is 4. The summed E-state index contributed by atoms with van der Waals surface area (Å²) in [5.41, 5.74) is 4.92. The average Bonchev–Trinajstić information content (AvgIpc) is 2.82. The highest BCUT2D eigenvalue weighted by atomic mass is 16.1. The zero-order chi connectivity index (χ0) is 18.3. The Hall–Kier alpha value is -2.50. The Kier molecular flexibility index (Phi) is 4.45. The van der Waals surface area contributed by atoms with E-state index in [4.69, 9.17) is 0 Å². The molecule has 3 heterocycles. The molecule has 0 saturated heterocycles. The summed E-state index contributed by atoms with van der Waals surface area (Å²) in [4.78, 5) is 25.4.